The Morgan fingerprint density at radius 1 is 1.40 bits per heavy atom. The fourth-order valence-corrected chi connectivity index (χ4v) is 2.19. The average Bonchev–Trinajstić information content (AvgIpc) is 2.76. The molecule has 20 heavy (non-hydrogen) atoms. The summed E-state index contributed by atoms with van der Waals surface area (Å²) in [6, 6.07) is 5.60. The van der Waals surface area contributed by atoms with Crippen molar-refractivity contribution in [3.63, 3.8) is 0 Å². The number of aromatic nitrogens is 4. The van der Waals surface area contributed by atoms with Gasteiger partial charge >= 0.3 is 5.97 Å². The highest BCUT2D eigenvalue weighted by molar-refractivity contribution is 5.76. The molecule has 0 unspecified atom stereocenters. The zero-order valence-corrected chi connectivity index (χ0v) is 10.8. The molecule has 0 radical (unpaired) electrons. The lowest BCUT2D eigenvalue weighted by molar-refractivity contribution is -0.136. The van der Waals surface area contributed by atoms with E-state index in [2.05, 4.69) is 15.0 Å². The molecule has 0 aromatic carbocycles. The van der Waals surface area contributed by atoms with Crippen molar-refractivity contribution in [3.8, 4) is 11.3 Å². The van der Waals surface area contributed by atoms with Crippen LogP contribution in [0.3, 0.4) is 0 Å². The molecule has 0 aliphatic heterocycles. The van der Waals surface area contributed by atoms with Crippen molar-refractivity contribution in [2.75, 3.05) is 0 Å². The summed E-state index contributed by atoms with van der Waals surface area (Å²) < 4.78 is 1.72. The van der Waals surface area contributed by atoms with E-state index in [1.165, 1.54) is 0 Å². The van der Waals surface area contributed by atoms with Gasteiger partial charge < -0.3 is 5.11 Å². The topological polar surface area (TPSA) is 80.4 Å². The van der Waals surface area contributed by atoms with Crippen molar-refractivity contribution in [2.45, 2.75) is 13.3 Å². The van der Waals surface area contributed by atoms with Crippen LogP contribution in [0, 0.1) is 6.92 Å². The van der Waals surface area contributed by atoms with Crippen LogP contribution in [0.1, 0.15) is 11.4 Å². The van der Waals surface area contributed by atoms with Crippen LogP contribution in [-0.2, 0) is 11.2 Å². The van der Waals surface area contributed by atoms with Gasteiger partial charge in [-0.15, -0.1) is 0 Å². The lowest BCUT2D eigenvalue weighted by Crippen LogP contribution is -2.05. The number of aliphatic carboxylic acids is 1. The number of rotatable bonds is 3. The smallest absolute Gasteiger partial charge is 0.309 e. The number of carboxylic acids is 1. The van der Waals surface area contributed by atoms with E-state index in [4.69, 9.17) is 5.11 Å². The molecule has 3 aromatic rings. The van der Waals surface area contributed by atoms with E-state index in [0.29, 0.717) is 17.0 Å². The minimum absolute atomic E-state index is 0.0830. The molecule has 0 atom stereocenters. The Morgan fingerprint density at radius 3 is 2.95 bits per heavy atom. The highest BCUT2D eigenvalue weighted by atomic mass is 16.4. The van der Waals surface area contributed by atoms with Crippen LogP contribution in [0.2, 0.25) is 0 Å². The first-order valence-corrected chi connectivity index (χ1v) is 6.11. The summed E-state index contributed by atoms with van der Waals surface area (Å²) >= 11 is 0. The van der Waals surface area contributed by atoms with E-state index in [-0.39, 0.29) is 6.42 Å². The molecule has 100 valence electrons. The van der Waals surface area contributed by atoms with E-state index >= 15 is 0 Å². The minimum atomic E-state index is -0.891. The number of hydrogen-bond donors (Lipinski definition) is 1. The maximum absolute atomic E-state index is 10.9. The van der Waals surface area contributed by atoms with Crippen molar-refractivity contribution in [2.24, 2.45) is 0 Å². The Balaban J connectivity index is 2.24. The Hall–Kier alpha value is -2.76. The van der Waals surface area contributed by atoms with Crippen molar-refractivity contribution < 1.29 is 9.90 Å². The summed E-state index contributed by atoms with van der Waals surface area (Å²) in [6.45, 7) is 1.80. The molecule has 3 heterocycles. The van der Waals surface area contributed by atoms with Gasteiger partial charge in [-0.05, 0) is 19.1 Å². The van der Waals surface area contributed by atoms with E-state index in [0.717, 1.165) is 11.3 Å². The van der Waals surface area contributed by atoms with Gasteiger partial charge in [0.25, 0.3) is 0 Å². The summed E-state index contributed by atoms with van der Waals surface area (Å²) in [5, 5.41) is 8.98. The SMILES string of the molecule is Cc1nc2c(-c3ccccn3)cncn2c1CC(=O)O. The Bertz CT molecular complexity index is 780. The molecule has 0 fully saturated rings. The van der Waals surface area contributed by atoms with Crippen molar-refractivity contribution >= 4 is 11.6 Å². The molecule has 3 aromatic heterocycles. The normalized spacial score (nSPS) is 10.8. The fourth-order valence-electron chi connectivity index (χ4n) is 2.19. The molecule has 6 nitrogen and oxygen atoms in total. The average molecular weight is 268 g/mol. The molecule has 0 aliphatic carbocycles. The van der Waals surface area contributed by atoms with Crippen LogP contribution in [0.15, 0.2) is 36.9 Å². The van der Waals surface area contributed by atoms with Gasteiger partial charge in [-0.1, -0.05) is 6.07 Å². The molecule has 6 heteroatoms. The Kier molecular flexibility index (Phi) is 2.90. The number of fused-ring (bicyclic) bond motifs is 1. The number of imidazole rings is 1. The van der Waals surface area contributed by atoms with Crippen LogP contribution in [0.5, 0.6) is 0 Å². The molecule has 0 bridgehead atoms. The zero-order valence-electron chi connectivity index (χ0n) is 10.8. The van der Waals surface area contributed by atoms with Crippen LogP contribution in [0.25, 0.3) is 16.9 Å². The lowest BCUT2D eigenvalue weighted by atomic mass is 10.2. The molecule has 3 rings (SSSR count). The summed E-state index contributed by atoms with van der Waals surface area (Å²) in [7, 11) is 0. The highest BCUT2D eigenvalue weighted by Gasteiger charge is 2.15. The third-order valence-electron chi connectivity index (χ3n) is 3.10. The van der Waals surface area contributed by atoms with Crippen molar-refractivity contribution in [1.29, 1.82) is 0 Å². The van der Waals surface area contributed by atoms with Gasteiger partial charge in [-0.3, -0.25) is 14.2 Å². The van der Waals surface area contributed by atoms with E-state index in [9.17, 15) is 4.79 Å². The molecule has 0 saturated carbocycles. The monoisotopic (exact) mass is 268 g/mol. The van der Waals surface area contributed by atoms with Gasteiger partial charge in [0.1, 0.15) is 12.0 Å². The maximum Gasteiger partial charge on any atom is 0.309 e. The van der Waals surface area contributed by atoms with E-state index in [1.807, 2.05) is 18.2 Å². The third kappa shape index (κ3) is 2.01. The van der Waals surface area contributed by atoms with E-state index in [1.54, 1.807) is 30.0 Å². The second-order valence-corrected chi connectivity index (χ2v) is 4.43. The molecular formula is C14H12N4O2. The third-order valence-corrected chi connectivity index (χ3v) is 3.10. The number of aryl methyl sites for hydroxylation is 1. The largest absolute Gasteiger partial charge is 0.481 e. The second-order valence-electron chi connectivity index (χ2n) is 4.43. The van der Waals surface area contributed by atoms with Gasteiger partial charge in [0.15, 0.2) is 0 Å². The predicted octanol–water partition coefficient (Wildman–Crippen LogP) is 1.73. The molecule has 0 amide bonds. The van der Waals surface area contributed by atoms with Crippen LogP contribution in [-0.4, -0.2) is 30.4 Å². The maximum atomic E-state index is 10.9. The van der Waals surface area contributed by atoms with Crippen molar-refractivity contribution in [3.05, 3.63) is 48.3 Å². The van der Waals surface area contributed by atoms with Gasteiger partial charge in [0.2, 0.25) is 0 Å². The van der Waals surface area contributed by atoms with Gasteiger partial charge in [-0.25, -0.2) is 9.97 Å². The molecule has 0 saturated heterocycles. The number of carbonyl (C=O) groups is 1. The fraction of sp³-hybridized carbons (Fsp3) is 0.143. The van der Waals surface area contributed by atoms with Crippen LogP contribution in [0.4, 0.5) is 0 Å². The minimum Gasteiger partial charge on any atom is -0.481 e. The van der Waals surface area contributed by atoms with Gasteiger partial charge in [0, 0.05) is 12.4 Å². The zero-order chi connectivity index (χ0) is 14.1. The number of hydrogen-bond acceptors (Lipinski definition) is 4. The van der Waals surface area contributed by atoms with Gasteiger partial charge in [0.05, 0.1) is 29.1 Å². The summed E-state index contributed by atoms with van der Waals surface area (Å²) in [5.41, 5.74) is 3.55. The number of nitrogens with zero attached hydrogens (tertiary/aromatic N) is 4. The molecule has 0 aliphatic rings. The Labute approximate surface area is 114 Å². The first-order chi connectivity index (χ1) is 9.66. The Morgan fingerprint density at radius 2 is 2.25 bits per heavy atom. The lowest BCUT2D eigenvalue weighted by Gasteiger charge is -2.03. The van der Waals surface area contributed by atoms with Gasteiger partial charge in [-0.2, -0.15) is 0 Å². The summed E-state index contributed by atoms with van der Waals surface area (Å²) in [4.78, 5) is 23.9. The predicted molar refractivity (Wildman–Crippen MR) is 72.3 cm³/mol. The van der Waals surface area contributed by atoms with Crippen LogP contribution < -0.4 is 0 Å². The van der Waals surface area contributed by atoms with Crippen LogP contribution >= 0.6 is 0 Å². The summed E-state index contributed by atoms with van der Waals surface area (Å²) in [6.07, 6.45) is 4.89. The van der Waals surface area contributed by atoms with Crippen molar-refractivity contribution in [1.82, 2.24) is 19.4 Å². The number of pyridine rings is 1. The first kappa shape index (κ1) is 12.3. The first-order valence-electron chi connectivity index (χ1n) is 6.11. The highest BCUT2D eigenvalue weighted by Crippen LogP contribution is 2.23. The molecule has 0 spiro atoms. The van der Waals surface area contributed by atoms with E-state index < -0.39 is 5.97 Å². The standard InChI is InChI=1S/C14H12N4O2/c1-9-12(6-13(19)20)18-8-15-7-10(14(18)17-9)11-4-2-3-5-16-11/h2-5,7-8H,6H2,1H3,(H,19,20). The quantitative estimate of drug-likeness (QED) is 0.782. The molecule has 1 N–H and O–H groups in total. The number of carboxylic acid groups (broad SMARTS) is 1. The summed E-state index contributed by atoms with van der Waals surface area (Å²) in [5.74, 6) is -0.891. The second kappa shape index (κ2) is 4.73. The molecular weight excluding hydrogens is 256 g/mol.